The van der Waals surface area contributed by atoms with Gasteiger partial charge in [0, 0.05) is 24.0 Å². The number of nitrogens with two attached hydrogens (primary N) is 1. The number of thiophene rings is 1. The number of carbonyl (C=O) groups excluding carboxylic acids is 2. The maximum Gasteiger partial charge on any atom is 0.264 e. The molecule has 0 saturated carbocycles. The minimum Gasteiger partial charge on any atom is -0.399 e. The van der Waals surface area contributed by atoms with Crippen molar-refractivity contribution in [1.82, 2.24) is 10.2 Å². The van der Waals surface area contributed by atoms with Gasteiger partial charge in [0.1, 0.15) is 0 Å². The largest absolute Gasteiger partial charge is 0.399 e. The molecule has 0 aliphatic rings. The summed E-state index contributed by atoms with van der Waals surface area (Å²) in [6.45, 7) is 2.68. The zero-order chi connectivity index (χ0) is 15.4. The maximum absolute atomic E-state index is 12.3. The second-order valence-corrected chi connectivity index (χ2v) is 6.00. The summed E-state index contributed by atoms with van der Waals surface area (Å²) in [5, 5.41) is 3.71. The monoisotopic (exact) mass is 305 g/mol. The molecule has 21 heavy (non-hydrogen) atoms. The SMILES string of the molecule is CCCNC(=O)CN(C)C(=O)c1cc2cc(N)ccc2s1. The molecular formula is C15H19N3O2S. The fraction of sp³-hybridized carbons (Fsp3) is 0.333. The van der Waals surface area contributed by atoms with E-state index in [0.717, 1.165) is 16.5 Å². The third-order valence-corrected chi connectivity index (χ3v) is 4.15. The number of hydrogen-bond donors (Lipinski definition) is 2. The summed E-state index contributed by atoms with van der Waals surface area (Å²) in [6.07, 6.45) is 0.876. The molecule has 6 heteroatoms. The molecule has 2 amide bonds. The lowest BCUT2D eigenvalue weighted by atomic mass is 10.2. The van der Waals surface area contributed by atoms with Crippen molar-refractivity contribution in [3.05, 3.63) is 29.1 Å². The summed E-state index contributed by atoms with van der Waals surface area (Å²) in [7, 11) is 1.63. The molecule has 5 nitrogen and oxygen atoms in total. The Balaban J connectivity index is 2.08. The van der Waals surface area contributed by atoms with Crippen molar-refractivity contribution in [2.75, 3.05) is 25.9 Å². The van der Waals surface area contributed by atoms with Crippen molar-refractivity contribution in [3.8, 4) is 0 Å². The predicted molar refractivity (Wildman–Crippen MR) is 86.5 cm³/mol. The van der Waals surface area contributed by atoms with Crippen LogP contribution in [-0.4, -0.2) is 36.9 Å². The van der Waals surface area contributed by atoms with Crippen molar-refractivity contribution in [2.45, 2.75) is 13.3 Å². The number of rotatable bonds is 5. The lowest BCUT2D eigenvalue weighted by Crippen LogP contribution is -2.38. The zero-order valence-corrected chi connectivity index (χ0v) is 13.0. The second kappa shape index (κ2) is 6.58. The first-order valence-corrected chi connectivity index (χ1v) is 7.64. The number of nitrogens with one attached hydrogen (secondary N) is 1. The van der Waals surface area contributed by atoms with Gasteiger partial charge in [0.2, 0.25) is 5.91 Å². The fourth-order valence-electron chi connectivity index (χ4n) is 1.96. The molecule has 112 valence electrons. The van der Waals surface area contributed by atoms with E-state index in [4.69, 9.17) is 5.73 Å². The average molecular weight is 305 g/mol. The van der Waals surface area contributed by atoms with Crippen molar-refractivity contribution >= 4 is 38.9 Å². The van der Waals surface area contributed by atoms with Crippen LogP contribution in [0.5, 0.6) is 0 Å². The molecule has 0 saturated heterocycles. The van der Waals surface area contributed by atoms with Crippen LogP contribution in [0.2, 0.25) is 0 Å². The molecule has 0 aliphatic carbocycles. The van der Waals surface area contributed by atoms with E-state index >= 15 is 0 Å². The van der Waals surface area contributed by atoms with Crippen LogP contribution in [0.1, 0.15) is 23.0 Å². The van der Waals surface area contributed by atoms with Gasteiger partial charge in [-0.05, 0) is 36.1 Å². The molecule has 0 bridgehead atoms. The molecule has 0 atom stereocenters. The Labute approximate surface area is 127 Å². The Morgan fingerprint density at radius 3 is 2.81 bits per heavy atom. The van der Waals surface area contributed by atoms with Gasteiger partial charge in [-0.1, -0.05) is 6.92 Å². The normalized spacial score (nSPS) is 10.6. The van der Waals surface area contributed by atoms with Gasteiger partial charge < -0.3 is 16.0 Å². The summed E-state index contributed by atoms with van der Waals surface area (Å²) in [6, 6.07) is 7.38. The highest BCUT2D eigenvalue weighted by molar-refractivity contribution is 7.20. The third kappa shape index (κ3) is 3.72. The Morgan fingerprint density at radius 1 is 1.33 bits per heavy atom. The first kappa shape index (κ1) is 15.3. The Bertz CT molecular complexity index is 666. The summed E-state index contributed by atoms with van der Waals surface area (Å²) < 4.78 is 1.01. The molecule has 1 aromatic carbocycles. The maximum atomic E-state index is 12.3. The number of nitrogens with zero attached hydrogens (tertiary/aromatic N) is 1. The Morgan fingerprint density at radius 2 is 2.10 bits per heavy atom. The van der Waals surface area contributed by atoms with Crippen LogP contribution < -0.4 is 11.1 Å². The highest BCUT2D eigenvalue weighted by atomic mass is 32.1. The molecule has 0 unspecified atom stereocenters. The van der Waals surface area contributed by atoms with Crippen molar-refractivity contribution in [1.29, 1.82) is 0 Å². The number of fused-ring (bicyclic) bond motifs is 1. The number of benzene rings is 1. The van der Waals surface area contributed by atoms with Crippen LogP contribution in [-0.2, 0) is 4.79 Å². The van der Waals surface area contributed by atoms with E-state index in [1.807, 2.05) is 31.2 Å². The van der Waals surface area contributed by atoms with Crippen LogP contribution in [0.15, 0.2) is 24.3 Å². The van der Waals surface area contributed by atoms with E-state index in [0.29, 0.717) is 17.1 Å². The van der Waals surface area contributed by atoms with Gasteiger partial charge in [-0.25, -0.2) is 0 Å². The van der Waals surface area contributed by atoms with Crippen LogP contribution in [0.3, 0.4) is 0 Å². The smallest absolute Gasteiger partial charge is 0.264 e. The standard InChI is InChI=1S/C15H19N3O2S/c1-3-6-17-14(19)9-18(2)15(20)13-8-10-7-11(16)4-5-12(10)21-13/h4-5,7-8H,3,6,9,16H2,1-2H3,(H,17,19). The van der Waals surface area contributed by atoms with Gasteiger partial charge >= 0.3 is 0 Å². The van der Waals surface area contributed by atoms with Gasteiger partial charge in [-0.15, -0.1) is 11.3 Å². The van der Waals surface area contributed by atoms with Crippen molar-refractivity contribution in [2.24, 2.45) is 0 Å². The van der Waals surface area contributed by atoms with E-state index < -0.39 is 0 Å². The number of carbonyl (C=O) groups is 2. The molecule has 1 aromatic heterocycles. The van der Waals surface area contributed by atoms with Crippen LogP contribution >= 0.6 is 11.3 Å². The van der Waals surface area contributed by atoms with Gasteiger partial charge in [0.25, 0.3) is 5.91 Å². The second-order valence-electron chi connectivity index (χ2n) is 4.92. The zero-order valence-electron chi connectivity index (χ0n) is 12.2. The number of anilines is 1. The molecule has 2 aromatic rings. The first-order valence-electron chi connectivity index (χ1n) is 6.82. The average Bonchev–Trinajstić information content (AvgIpc) is 2.86. The quantitative estimate of drug-likeness (QED) is 0.830. The summed E-state index contributed by atoms with van der Waals surface area (Å²) in [5.74, 6) is -0.292. The summed E-state index contributed by atoms with van der Waals surface area (Å²) in [4.78, 5) is 26.0. The fourth-order valence-corrected chi connectivity index (χ4v) is 3.00. The molecule has 3 N–H and O–H groups in total. The molecule has 0 radical (unpaired) electrons. The first-order chi connectivity index (χ1) is 10.0. The minimum absolute atomic E-state index is 0.0647. The van der Waals surface area contributed by atoms with E-state index in [9.17, 15) is 9.59 Å². The van der Waals surface area contributed by atoms with Crippen molar-refractivity contribution < 1.29 is 9.59 Å². The van der Waals surface area contributed by atoms with Crippen molar-refractivity contribution in [3.63, 3.8) is 0 Å². The minimum atomic E-state index is -0.151. The van der Waals surface area contributed by atoms with Gasteiger partial charge in [-0.3, -0.25) is 9.59 Å². The van der Waals surface area contributed by atoms with Gasteiger partial charge in [0.15, 0.2) is 0 Å². The summed E-state index contributed by atoms with van der Waals surface area (Å²) in [5.41, 5.74) is 6.41. The number of likely N-dealkylation sites (N-methyl/N-ethyl adjacent to an activating group) is 1. The molecule has 1 heterocycles. The number of hydrogen-bond acceptors (Lipinski definition) is 4. The topological polar surface area (TPSA) is 75.4 Å². The lowest BCUT2D eigenvalue weighted by Gasteiger charge is -2.15. The van der Waals surface area contributed by atoms with E-state index in [1.54, 1.807) is 7.05 Å². The Kier molecular flexibility index (Phi) is 4.80. The number of amides is 2. The molecule has 0 aliphatic heterocycles. The van der Waals surface area contributed by atoms with Crippen LogP contribution in [0, 0.1) is 0 Å². The molecular weight excluding hydrogens is 286 g/mol. The molecule has 0 fully saturated rings. The van der Waals surface area contributed by atoms with E-state index in [2.05, 4.69) is 5.32 Å². The summed E-state index contributed by atoms with van der Waals surface area (Å²) >= 11 is 1.41. The Hall–Kier alpha value is -2.08. The molecule has 2 rings (SSSR count). The van der Waals surface area contributed by atoms with Gasteiger partial charge in [-0.2, -0.15) is 0 Å². The third-order valence-electron chi connectivity index (χ3n) is 3.05. The molecule has 0 spiro atoms. The predicted octanol–water partition coefficient (Wildman–Crippen LogP) is 2.08. The van der Waals surface area contributed by atoms with Gasteiger partial charge in [0.05, 0.1) is 11.4 Å². The highest BCUT2D eigenvalue weighted by Gasteiger charge is 2.17. The highest BCUT2D eigenvalue weighted by Crippen LogP contribution is 2.27. The van der Waals surface area contributed by atoms with Crippen LogP contribution in [0.25, 0.3) is 10.1 Å². The number of nitrogen functional groups attached to an aromatic ring is 1. The van der Waals surface area contributed by atoms with E-state index in [-0.39, 0.29) is 18.4 Å². The van der Waals surface area contributed by atoms with E-state index in [1.165, 1.54) is 16.2 Å². The lowest BCUT2D eigenvalue weighted by molar-refractivity contribution is -0.121. The van der Waals surface area contributed by atoms with Crippen LogP contribution in [0.4, 0.5) is 5.69 Å².